The maximum atomic E-state index is 12.1. The minimum atomic E-state index is -0.888. The van der Waals surface area contributed by atoms with E-state index in [-0.39, 0.29) is 39.4 Å². The highest BCUT2D eigenvalue weighted by Crippen LogP contribution is 2.45. The molecule has 0 amide bonds. The standard InChI is InChI=1S/C29H50O2.C15H10O7/c1-20(2)12-9-13-21(3)14-10-15-22(4)16-11-18-29(8)19-17-26-25(7)27(30)23(5)24(6)28(26)31-29;16-7-4-10(19)12-11(5-7)22-15(14(21)13(12)20)6-1-2-8(17)9(18)3-6/h20-22,30H,9-19H2,1-8H3;1-5,16-19,21H/t21-,22?,29-;/m0./s1. The largest absolute Gasteiger partial charge is 0.508 e. The number of fused-ring (bicyclic) bond motifs is 2. The van der Waals surface area contributed by atoms with E-state index in [4.69, 9.17) is 9.15 Å². The molecule has 53 heavy (non-hydrogen) atoms. The fourth-order valence-electron chi connectivity index (χ4n) is 7.41. The molecular formula is C44H60O9. The van der Waals surface area contributed by atoms with Crippen molar-refractivity contribution in [1.29, 1.82) is 0 Å². The summed E-state index contributed by atoms with van der Waals surface area (Å²) in [6.45, 7) is 17.9. The fraction of sp³-hybridized carbons (Fsp3) is 0.523. The number of aromatic hydroxyl groups is 6. The van der Waals surface area contributed by atoms with Crippen molar-refractivity contribution in [1.82, 2.24) is 0 Å². The zero-order valence-electron chi connectivity index (χ0n) is 32.8. The van der Waals surface area contributed by atoms with Gasteiger partial charge in [0.1, 0.15) is 39.6 Å². The van der Waals surface area contributed by atoms with E-state index in [1.807, 2.05) is 13.8 Å². The summed E-state index contributed by atoms with van der Waals surface area (Å²) in [5.41, 5.74) is 3.34. The minimum Gasteiger partial charge on any atom is -0.508 e. The number of hydrogen-bond donors (Lipinski definition) is 6. The monoisotopic (exact) mass is 732 g/mol. The van der Waals surface area contributed by atoms with Crippen LogP contribution in [0.15, 0.2) is 39.5 Å². The molecule has 3 atom stereocenters. The van der Waals surface area contributed by atoms with Crippen LogP contribution in [-0.4, -0.2) is 36.2 Å². The zero-order chi connectivity index (χ0) is 39.2. The van der Waals surface area contributed by atoms with E-state index in [1.165, 1.54) is 63.0 Å². The molecule has 1 aromatic heterocycles. The first-order valence-corrected chi connectivity index (χ1v) is 19.2. The van der Waals surface area contributed by atoms with Crippen LogP contribution in [0, 0.1) is 38.5 Å². The molecule has 1 unspecified atom stereocenters. The molecular weight excluding hydrogens is 672 g/mol. The highest BCUT2D eigenvalue weighted by molar-refractivity contribution is 5.88. The minimum absolute atomic E-state index is 0.0712. The van der Waals surface area contributed by atoms with Crippen LogP contribution in [0.3, 0.4) is 0 Å². The first-order chi connectivity index (χ1) is 24.9. The molecule has 1 aliphatic rings. The van der Waals surface area contributed by atoms with E-state index in [0.717, 1.165) is 83.7 Å². The van der Waals surface area contributed by atoms with Crippen LogP contribution in [-0.2, 0) is 6.42 Å². The number of phenolic OH excluding ortho intramolecular Hbond substituents is 5. The molecule has 0 radical (unpaired) electrons. The summed E-state index contributed by atoms with van der Waals surface area (Å²) in [4.78, 5) is 12.1. The van der Waals surface area contributed by atoms with Gasteiger partial charge in [-0.25, -0.2) is 0 Å². The lowest BCUT2D eigenvalue weighted by Gasteiger charge is -2.38. The third-order valence-corrected chi connectivity index (χ3v) is 11.0. The van der Waals surface area contributed by atoms with Crippen molar-refractivity contribution >= 4 is 11.0 Å². The van der Waals surface area contributed by atoms with Crippen LogP contribution in [0.4, 0.5) is 0 Å². The Morgan fingerprint density at radius 1 is 0.717 bits per heavy atom. The highest BCUT2D eigenvalue weighted by Gasteiger charge is 2.34. The maximum absolute atomic E-state index is 12.1. The average molecular weight is 733 g/mol. The second-order valence-electron chi connectivity index (χ2n) is 16.1. The van der Waals surface area contributed by atoms with E-state index in [0.29, 0.717) is 5.75 Å². The summed E-state index contributed by atoms with van der Waals surface area (Å²) >= 11 is 0. The molecule has 6 N–H and O–H groups in total. The predicted molar refractivity (Wildman–Crippen MR) is 211 cm³/mol. The Morgan fingerprint density at radius 3 is 1.96 bits per heavy atom. The van der Waals surface area contributed by atoms with Crippen molar-refractivity contribution in [3.8, 4) is 51.6 Å². The summed E-state index contributed by atoms with van der Waals surface area (Å²) in [6, 6.07) is 5.64. The summed E-state index contributed by atoms with van der Waals surface area (Å²) < 4.78 is 12.0. The van der Waals surface area contributed by atoms with Gasteiger partial charge in [-0.05, 0) is 106 Å². The first-order valence-electron chi connectivity index (χ1n) is 19.2. The van der Waals surface area contributed by atoms with E-state index < -0.39 is 22.7 Å². The van der Waals surface area contributed by atoms with Gasteiger partial charge in [0.25, 0.3) is 0 Å². The van der Waals surface area contributed by atoms with E-state index in [2.05, 4.69) is 41.5 Å². The summed E-state index contributed by atoms with van der Waals surface area (Å²) in [5.74, 6) is 1.32. The quantitative estimate of drug-likeness (QED) is 0.0735. The second kappa shape index (κ2) is 17.5. The van der Waals surface area contributed by atoms with Crippen molar-refractivity contribution in [2.45, 2.75) is 132 Å². The molecule has 0 saturated carbocycles. The molecule has 4 aromatic rings. The summed E-state index contributed by atoms with van der Waals surface area (Å²) in [7, 11) is 0. The van der Waals surface area contributed by atoms with Crippen LogP contribution < -0.4 is 10.2 Å². The number of rotatable bonds is 13. The Hall–Kier alpha value is -4.53. The van der Waals surface area contributed by atoms with E-state index >= 15 is 0 Å². The Bertz CT molecular complexity index is 1940. The predicted octanol–water partition coefficient (Wildman–Crippen LogP) is 10.8. The van der Waals surface area contributed by atoms with E-state index in [9.17, 15) is 35.4 Å². The van der Waals surface area contributed by atoms with Gasteiger partial charge >= 0.3 is 0 Å². The second-order valence-corrected chi connectivity index (χ2v) is 16.1. The summed E-state index contributed by atoms with van der Waals surface area (Å²) in [5, 5.41) is 58.0. The molecule has 1 aliphatic heterocycles. The van der Waals surface area contributed by atoms with Crippen molar-refractivity contribution in [3.05, 3.63) is 62.8 Å². The van der Waals surface area contributed by atoms with Crippen molar-refractivity contribution in [2.24, 2.45) is 17.8 Å². The van der Waals surface area contributed by atoms with Crippen LogP contribution in [0.25, 0.3) is 22.3 Å². The third kappa shape index (κ3) is 10.1. The van der Waals surface area contributed by atoms with Gasteiger partial charge in [0.2, 0.25) is 11.2 Å². The number of phenols is 5. The van der Waals surface area contributed by atoms with Crippen molar-refractivity contribution in [3.63, 3.8) is 0 Å². The lowest BCUT2D eigenvalue weighted by Crippen LogP contribution is -2.37. The smallest absolute Gasteiger partial charge is 0.238 e. The highest BCUT2D eigenvalue weighted by atomic mass is 16.5. The van der Waals surface area contributed by atoms with Crippen LogP contribution in [0.5, 0.6) is 40.2 Å². The number of hydrogen-bond acceptors (Lipinski definition) is 9. The lowest BCUT2D eigenvalue weighted by atomic mass is 9.84. The van der Waals surface area contributed by atoms with Gasteiger partial charge in [0.15, 0.2) is 17.3 Å². The average Bonchev–Trinajstić information content (AvgIpc) is 3.09. The summed E-state index contributed by atoms with van der Waals surface area (Å²) in [6.07, 6.45) is 14.1. The van der Waals surface area contributed by atoms with E-state index in [1.54, 1.807) is 0 Å². The number of ether oxygens (including phenoxy) is 1. The fourth-order valence-corrected chi connectivity index (χ4v) is 7.41. The van der Waals surface area contributed by atoms with Crippen molar-refractivity contribution in [2.75, 3.05) is 0 Å². The van der Waals surface area contributed by atoms with Crippen molar-refractivity contribution < 1.29 is 39.8 Å². The lowest BCUT2D eigenvalue weighted by molar-refractivity contribution is 0.0511. The molecule has 0 fully saturated rings. The molecule has 290 valence electrons. The molecule has 9 heteroatoms. The maximum Gasteiger partial charge on any atom is 0.238 e. The Balaban J connectivity index is 0.000000250. The Morgan fingerprint density at radius 2 is 1.34 bits per heavy atom. The molecule has 0 bridgehead atoms. The Labute approximate surface area is 313 Å². The van der Waals surface area contributed by atoms with Gasteiger partial charge in [0.05, 0.1) is 0 Å². The topological polar surface area (TPSA) is 161 Å². The van der Waals surface area contributed by atoms with Gasteiger partial charge in [0, 0.05) is 23.3 Å². The molecule has 0 spiro atoms. The third-order valence-electron chi connectivity index (χ3n) is 11.0. The van der Waals surface area contributed by atoms with Gasteiger partial charge in [-0.1, -0.05) is 72.6 Å². The van der Waals surface area contributed by atoms with Gasteiger partial charge in [-0.15, -0.1) is 0 Å². The van der Waals surface area contributed by atoms with Crippen LogP contribution >= 0.6 is 0 Å². The first kappa shape index (κ1) is 41.2. The van der Waals surface area contributed by atoms with Gasteiger partial charge in [-0.2, -0.15) is 0 Å². The molecule has 2 heterocycles. The molecule has 9 nitrogen and oxygen atoms in total. The Kier molecular flexibility index (Phi) is 13.6. The van der Waals surface area contributed by atoms with Gasteiger partial charge in [-0.3, -0.25) is 4.79 Å². The SMILES string of the molecule is Cc1c(C)c2c(c(C)c1O)CC[C@](C)(CCCC(C)CCC[C@@H](C)CCCC(C)C)O2.O=c1c(O)c(-c2ccc(O)c(O)c2)oc2cc(O)cc(O)c12. The molecule has 5 rings (SSSR count). The normalized spacial score (nSPS) is 16.5. The molecule has 0 aliphatic carbocycles. The zero-order valence-corrected chi connectivity index (χ0v) is 32.8. The van der Waals surface area contributed by atoms with Gasteiger partial charge < -0.3 is 39.8 Å². The van der Waals surface area contributed by atoms with Crippen LogP contribution in [0.1, 0.15) is 121 Å². The molecule has 3 aromatic carbocycles. The number of benzene rings is 3. The molecule has 0 saturated heterocycles. The van der Waals surface area contributed by atoms with Crippen LogP contribution in [0.2, 0.25) is 0 Å².